The molecule has 2 atom stereocenters. The number of nitrogens with one attached hydrogen (secondary N) is 2. The van der Waals surface area contributed by atoms with E-state index in [1.54, 1.807) is 0 Å². The molecule has 3 nitrogen and oxygen atoms in total. The van der Waals surface area contributed by atoms with Gasteiger partial charge >= 0.3 is 0 Å². The average Bonchev–Trinajstić information content (AvgIpc) is 2.99. The van der Waals surface area contributed by atoms with Crippen LogP contribution < -0.4 is 10.6 Å². The molecule has 0 spiro atoms. The molecular formula is C11H20N2O. The van der Waals surface area contributed by atoms with Crippen LogP contribution in [0.5, 0.6) is 0 Å². The van der Waals surface area contributed by atoms with E-state index >= 15 is 0 Å². The second-order valence-electron chi connectivity index (χ2n) is 4.80. The van der Waals surface area contributed by atoms with Crippen LogP contribution in [-0.2, 0) is 4.79 Å². The maximum atomic E-state index is 11.6. The third kappa shape index (κ3) is 2.71. The van der Waals surface area contributed by atoms with Crippen LogP contribution in [0.25, 0.3) is 0 Å². The zero-order chi connectivity index (χ0) is 10.1. The number of rotatable bonds is 5. The van der Waals surface area contributed by atoms with Crippen molar-refractivity contribution in [2.75, 3.05) is 0 Å². The van der Waals surface area contributed by atoms with Crippen molar-refractivity contribution in [3.05, 3.63) is 0 Å². The predicted octanol–water partition coefficient (Wildman–Crippen LogP) is 1.04. The van der Waals surface area contributed by atoms with Crippen molar-refractivity contribution in [1.82, 2.24) is 10.6 Å². The van der Waals surface area contributed by atoms with Crippen LogP contribution in [-0.4, -0.2) is 24.0 Å². The van der Waals surface area contributed by atoms with Gasteiger partial charge in [0.05, 0.1) is 6.04 Å². The van der Waals surface area contributed by atoms with Crippen molar-refractivity contribution >= 4 is 5.91 Å². The molecule has 0 aromatic heterocycles. The molecule has 0 bridgehead atoms. The van der Waals surface area contributed by atoms with Crippen molar-refractivity contribution in [3.63, 3.8) is 0 Å². The van der Waals surface area contributed by atoms with Gasteiger partial charge in [-0.3, -0.25) is 4.79 Å². The van der Waals surface area contributed by atoms with Crippen LogP contribution in [0, 0.1) is 5.92 Å². The van der Waals surface area contributed by atoms with E-state index in [0.29, 0.717) is 12.1 Å². The third-order valence-electron chi connectivity index (χ3n) is 3.16. The zero-order valence-corrected chi connectivity index (χ0v) is 9.05. The van der Waals surface area contributed by atoms with Gasteiger partial charge in [-0.1, -0.05) is 0 Å². The number of hydrogen-bond acceptors (Lipinski definition) is 2. The van der Waals surface area contributed by atoms with E-state index in [4.69, 9.17) is 0 Å². The number of carbonyl (C=O) groups excluding carboxylic acids is 1. The summed E-state index contributed by atoms with van der Waals surface area (Å²) in [7, 11) is 0. The highest BCUT2D eigenvalue weighted by Gasteiger charge is 2.31. The van der Waals surface area contributed by atoms with E-state index in [9.17, 15) is 4.79 Å². The molecule has 3 heteroatoms. The van der Waals surface area contributed by atoms with Crippen LogP contribution >= 0.6 is 0 Å². The monoisotopic (exact) mass is 196 g/mol. The standard InChI is InChI=1S/C11H20N2O/c1-7(9-3-4-9)12-8(2)11(14)13-10-5-6-10/h7-10,12H,3-6H2,1-2H3,(H,13,14). The van der Waals surface area contributed by atoms with E-state index < -0.39 is 0 Å². The molecule has 0 aliphatic heterocycles. The molecule has 0 radical (unpaired) electrons. The van der Waals surface area contributed by atoms with Crippen molar-refractivity contribution in [2.24, 2.45) is 5.92 Å². The van der Waals surface area contributed by atoms with Crippen LogP contribution in [0.1, 0.15) is 39.5 Å². The molecule has 2 N–H and O–H groups in total. The summed E-state index contributed by atoms with van der Waals surface area (Å²) >= 11 is 0. The second kappa shape index (κ2) is 3.89. The summed E-state index contributed by atoms with van der Waals surface area (Å²) in [6.45, 7) is 4.13. The van der Waals surface area contributed by atoms with Gasteiger partial charge in [0, 0.05) is 12.1 Å². The lowest BCUT2D eigenvalue weighted by Crippen LogP contribution is -2.46. The summed E-state index contributed by atoms with van der Waals surface area (Å²) in [5, 5.41) is 6.38. The lowest BCUT2D eigenvalue weighted by atomic mass is 10.2. The summed E-state index contributed by atoms with van der Waals surface area (Å²) in [5.74, 6) is 0.978. The average molecular weight is 196 g/mol. The van der Waals surface area contributed by atoms with Crippen molar-refractivity contribution in [2.45, 2.75) is 57.7 Å². The van der Waals surface area contributed by atoms with E-state index in [-0.39, 0.29) is 11.9 Å². The largest absolute Gasteiger partial charge is 0.352 e. The Morgan fingerprint density at radius 1 is 1.21 bits per heavy atom. The first-order valence-electron chi connectivity index (χ1n) is 5.73. The number of amides is 1. The summed E-state index contributed by atoms with van der Waals surface area (Å²) in [6, 6.07) is 0.934. The van der Waals surface area contributed by atoms with Crippen LogP contribution in [0.3, 0.4) is 0 Å². The smallest absolute Gasteiger partial charge is 0.237 e. The third-order valence-corrected chi connectivity index (χ3v) is 3.16. The second-order valence-corrected chi connectivity index (χ2v) is 4.80. The summed E-state index contributed by atoms with van der Waals surface area (Å²) in [5.41, 5.74) is 0. The van der Waals surface area contributed by atoms with Gasteiger partial charge in [0.25, 0.3) is 0 Å². The Morgan fingerprint density at radius 2 is 1.86 bits per heavy atom. The minimum atomic E-state index is -0.0359. The van der Waals surface area contributed by atoms with Gasteiger partial charge in [-0.25, -0.2) is 0 Å². The van der Waals surface area contributed by atoms with Crippen molar-refractivity contribution < 1.29 is 4.79 Å². The normalized spacial score (nSPS) is 25.6. The maximum Gasteiger partial charge on any atom is 0.237 e. The van der Waals surface area contributed by atoms with Gasteiger partial charge in [0.15, 0.2) is 0 Å². The van der Waals surface area contributed by atoms with E-state index in [1.807, 2.05) is 6.92 Å². The quantitative estimate of drug-likeness (QED) is 0.690. The van der Waals surface area contributed by atoms with Crippen LogP contribution in [0.4, 0.5) is 0 Å². The Bertz CT molecular complexity index is 221. The Balaban J connectivity index is 1.69. The van der Waals surface area contributed by atoms with E-state index in [2.05, 4.69) is 17.6 Å². The highest BCUT2D eigenvalue weighted by atomic mass is 16.2. The van der Waals surface area contributed by atoms with E-state index in [0.717, 1.165) is 18.8 Å². The van der Waals surface area contributed by atoms with Crippen LogP contribution in [0.2, 0.25) is 0 Å². The molecule has 2 aliphatic rings. The summed E-state index contributed by atoms with van der Waals surface area (Å²) < 4.78 is 0. The molecule has 2 aliphatic carbocycles. The molecule has 2 saturated carbocycles. The molecule has 2 unspecified atom stereocenters. The molecule has 2 fully saturated rings. The lowest BCUT2D eigenvalue weighted by Gasteiger charge is -2.19. The molecule has 0 aromatic carbocycles. The molecule has 1 amide bonds. The first kappa shape index (κ1) is 9.97. The van der Waals surface area contributed by atoms with Gasteiger partial charge < -0.3 is 10.6 Å². The lowest BCUT2D eigenvalue weighted by molar-refractivity contribution is -0.123. The highest BCUT2D eigenvalue weighted by molar-refractivity contribution is 5.81. The van der Waals surface area contributed by atoms with Gasteiger partial charge in [0.2, 0.25) is 5.91 Å². The Kier molecular flexibility index (Phi) is 2.77. The first-order chi connectivity index (χ1) is 6.66. The van der Waals surface area contributed by atoms with Crippen molar-refractivity contribution in [1.29, 1.82) is 0 Å². The highest BCUT2D eigenvalue weighted by Crippen LogP contribution is 2.32. The van der Waals surface area contributed by atoms with Gasteiger partial charge in [-0.2, -0.15) is 0 Å². The Morgan fingerprint density at radius 3 is 2.36 bits per heavy atom. The molecule has 14 heavy (non-hydrogen) atoms. The van der Waals surface area contributed by atoms with Gasteiger partial charge in [0.1, 0.15) is 0 Å². The Hall–Kier alpha value is -0.570. The molecule has 0 saturated heterocycles. The predicted molar refractivity (Wildman–Crippen MR) is 55.9 cm³/mol. The fourth-order valence-corrected chi connectivity index (χ4v) is 1.76. The van der Waals surface area contributed by atoms with Gasteiger partial charge in [-0.05, 0) is 45.4 Å². The fourth-order valence-electron chi connectivity index (χ4n) is 1.76. The molecule has 0 heterocycles. The maximum absolute atomic E-state index is 11.6. The molecular weight excluding hydrogens is 176 g/mol. The van der Waals surface area contributed by atoms with E-state index in [1.165, 1.54) is 12.8 Å². The van der Waals surface area contributed by atoms with Crippen LogP contribution in [0.15, 0.2) is 0 Å². The molecule has 2 rings (SSSR count). The SMILES string of the molecule is CC(NC(C)C1CC1)C(=O)NC1CC1. The summed E-state index contributed by atoms with van der Waals surface area (Å²) in [6.07, 6.45) is 4.98. The number of hydrogen-bond donors (Lipinski definition) is 2. The summed E-state index contributed by atoms with van der Waals surface area (Å²) in [4.78, 5) is 11.6. The molecule has 80 valence electrons. The Labute approximate surface area is 85.6 Å². The number of carbonyl (C=O) groups is 1. The topological polar surface area (TPSA) is 41.1 Å². The zero-order valence-electron chi connectivity index (χ0n) is 9.05. The fraction of sp³-hybridized carbons (Fsp3) is 0.909. The van der Waals surface area contributed by atoms with Gasteiger partial charge in [-0.15, -0.1) is 0 Å². The minimum Gasteiger partial charge on any atom is -0.352 e. The molecule has 0 aromatic rings. The van der Waals surface area contributed by atoms with Crippen molar-refractivity contribution in [3.8, 4) is 0 Å². The first-order valence-corrected chi connectivity index (χ1v) is 5.73. The minimum absolute atomic E-state index is 0.0359.